The van der Waals surface area contributed by atoms with E-state index in [1.54, 1.807) is 18.5 Å². The zero-order valence-corrected chi connectivity index (χ0v) is 15.0. The average Bonchev–Trinajstić information content (AvgIpc) is 2.66. The Kier molecular flexibility index (Phi) is 5.71. The van der Waals surface area contributed by atoms with Crippen molar-refractivity contribution in [2.45, 2.75) is 13.3 Å². The lowest BCUT2D eigenvalue weighted by Gasteiger charge is -2.34. The van der Waals surface area contributed by atoms with Gasteiger partial charge in [0.25, 0.3) is 0 Å². The molecule has 1 amide bonds. The van der Waals surface area contributed by atoms with Crippen LogP contribution in [0, 0.1) is 6.92 Å². The number of hydrogen-bond acceptors (Lipinski definition) is 5. The molecule has 3 rings (SSSR count). The minimum absolute atomic E-state index is 0.167. The number of carbonyl (C=O) groups excluding carboxylic acids is 1. The van der Waals surface area contributed by atoms with E-state index in [0.29, 0.717) is 26.1 Å². The molecular formula is C18H22ClN5O. The van der Waals surface area contributed by atoms with Crippen LogP contribution in [0.5, 0.6) is 0 Å². The summed E-state index contributed by atoms with van der Waals surface area (Å²) in [6.07, 6.45) is 3.94. The summed E-state index contributed by atoms with van der Waals surface area (Å²) in [6, 6.07) is 7.55. The van der Waals surface area contributed by atoms with Crippen molar-refractivity contribution in [3.05, 3.63) is 47.2 Å². The van der Waals surface area contributed by atoms with E-state index in [1.807, 2.05) is 30.0 Å². The van der Waals surface area contributed by atoms with Gasteiger partial charge in [0.05, 0.1) is 0 Å². The number of aromatic nitrogens is 2. The number of amides is 1. The van der Waals surface area contributed by atoms with Crippen LogP contribution in [0.1, 0.15) is 12.0 Å². The van der Waals surface area contributed by atoms with Gasteiger partial charge in [0.1, 0.15) is 0 Å². The number of piperazine rings is 1. The number of anilines is 2. The fraction of sp³-hybridized carbons (Fsp3) is 0.389. The molecule has 6 nitrogen and oxygen atoms in total. The summed E-state index contributed by atoms with van der Waals surface area (Å²) in [6.45, 7) is 5.49. The molecule has 0 saturated carbocycles. The predicted molar refractivity (Wildman–Crippen MR) is 100 cm³/mol. The molecule has 1 saturated heterocycles. The van der Waals surface area contributed by atoms with Crippen molar-refractivity contribution >= 4 is 29.1 Å². The van der Waals surface area contributed by atoms with E-state index in [1.165, 1.54) is 0 Å². The van der Waals surface area contributed by atoms with Crippen LogP contribution in [0.4, 0.5) is 11.6 Å². The standard InChI is InChI=1S/C18H22ClN5O/c1-14-15(19)4-2-5-16(14)20-9-6-17(25)23-10-12-24(13-11-23)18-21-7-3-8-22-18/h2-5,7-8,20H,6,9-13H2,1H3. The Hall–Kier alpha value is -2.34. The third kappa shape index (κ3) is 4.39. The first-order valence-electron chi connectivity index (χ1n) is 8.44. The van der Waals surface area contributed by atoms with Crippen LogP contribution in [-0.2, 0) is 4.79 Å². The number of halogens is 1. The monoisotopic (exact) mass is 359 g/mol. The maximum atomic E-state index is 12.4. The Bertz CT molecular complexity index is 717. The molecule has 7 heteroatoms. The van der Waals surface area contributed by atoms with Gasteiger partial charge < -0.3 is 15.1 Å². The molecule has 1 fully saturated rings. The van der Waals surface area contributed by atoms with E-state index in [-0.39, 0.29) is 5.91 Å². The van der Waals surface area contributed by atoms with Gasteiger partial charge in [0.15, 0.2) is 0 Å². The molecule has 1 aromatic heterocycles. The molecule has 1 aromatic carbocycles. The van der Waals surface area contributed by atoms with E-state index in [4.69, 9.17) is 11.6 Å². The molecule has 1 aliphatic heterocycles. The van der Waals surface area contributed by atoms with Gasteiger partial charge in [0, 0.05) is 62.2 Å². The topological polar surface area (TPSA) is 61.4 Å². The van der Waals surface area contributed by atoms with Crippen LogP contribution in [0.25, 0.3) is 0 Å². The minimum atomic E-state index is 0.167. The maximum absolute atomic E-state index is 12.4. The summed E-state index contributed by atoms with van der Waals surface area (Å²) in [7, 11) is 0. The zero-order valence-electron chi connectivity index (χ0n) is 14.3. The van der Waals surface area contributed by atoms with Crippen molar-refractivity contribution in [3.8, 4) is 0 Å². The third-order valence-electron chi connectivity index (χ3n) is 4.39. The molecule has 1 N–H and O–H groups in total. The van der Waals surface area contributed by atoms with Crippen molar-refractivity contribution in [2.24, 2.45) is 0 Å². The first kappa shape index (κ1) is 17.5. The third-order valence-corrected chi connectivity index (χ3v) is 4.80. The largest absolute Gasteiger partial charge is 0.384 e. The average molecular weight is 360 g/mol. The lowest BCUT2D eigenvalue weighted by molar-refractivity contribution is -0.131. The first-order chi connectivity index (χ1) is 12.1. The molecule has 0 radical (unpaired) electrons. The molecule has 2 aromatic rings. The molecule has 25 heavy (non-hydrogen) atoms. The van der Waals surface area contributed by atoms with E-state index in [9.17, 15) is 4.79 Å². The molecule has 0 spiro atoms. The Morgan fingerprint density at radius 1 is 1.16 bits per heavy atom. The molecule has 0 unspecified atom stereocenters. The molecule has 132 valence electrons. The highest BCUT2D eigenvalue weighted by Crippen LogP contribution is 2.22. The second kappa shape index (κ2) is 8.16. The second-order valence-corrected chi connectivity index (χ2v) is 6.41. The molecular weight excluding hydrogens is 338 g/mol. The highest BCUT2D eigenvalue weighted by atomic mass is 35.5. The highest BCUT2D eigenvalue weighted by molar-refractivity contribution is 6.31. The van der Waals surface area contributed by atoms with E-state index in [0.717, 1.165) is 35.3 Å². The van der Waals surface area contributed by atoms with E-state index < -0.39 is 0 Å². The van der Waals surface area contributed by atoms with Crippen LogP contribution in [-0.4, -0.2) is 53.5 Å². The summed E-state index contributed by atoms with van der Waals surface area (Å²) < 4.78 is 0. The molecule has 0 bridgehead atoms. The number of nitrogens with zero attached hydrogens (tertiary/aromatic N) is 4. The summed E-state index contributed by atoms with van der Waals surface area (Å²) >= 11 is 6.11. The van der Waals surface area contributed by atoms with Crippen LogP contribution in [0.2, 0.25) is 5.02 Å². The zero-order chi connectivity index (χ0) is 17.6. The fourth-order valence-electron chi connectivity index (χ4n) is 2.87. The minimum Gasteiger partial charge on any atom is -0.384 e. The van der Waals surface area contributed by atoms with Crippen molar-refractivity contribution in [1.29, 1.82) is 0 Å². The fourth-order valence-corrected chi connectivity index (χ4v) is 3.05. The SMILES string of the molecule is Cc1c(Cl)cccc1NCCC(=O)N1CCN(c2ncccn2)CC1. The van der Waals surface area contributed by atoms with E-state index in [2.05, 4.69) is 20.2 Å². The molecule has 1 aliphatic rings. The number of hydrogen-bond donors (Lipinski definition) is 1. The maximum Gasteiger partial charge on any atom is 0.225 e. The van der Waals surface area contributed by atoms with Gasteiger partial charge in [-0.1, -0.05) is 17.7 Å². The van der Waals surface area contributed by atoms with Gasteiger partial charge in [-0.05, 0) is 30.7 Å². The summed E-state index contributed by atoms with van der Waals surface area (Å²) in [5, 5.41) is 4.03. The summed E-state index contributed by atoms with van der Waals surface area (Å²) in [5.41, 5.74) is 1.99. The normalized spacial score (nSPS) is 14.5. The predicted octanol–water partition coefficient (Wildman–Crippen LogP) is 2.59. The van der Waals surface area contributed by atoms with Gasteiger partial charge in [-0.2, -0.15) is 0 Å². The lowest BCUT2D eigenvalue weighted by atomic mass is 10.2. The first-order valence-corrected chi connectivity index (χ1v) is 8.81. The van der Waals surface area contributed by atoms with Crippen LogP contribution < -0.4 is 10.2 Å². The Morgan fingerprint density at radius 2 is 1.88 bits per heavy atom. The van der Waals surface area contributed by atoms with Gasteiger partial charge in [0.2, 0.25) is 11.9 Å². The smallest absolute Gasteiger partial charge is 0.225 e. The van der Waals surface area contributed by atoms with Crippen LogP contribution in [0.3, 0.4) is 0 Å². The summed E-state index contributed by atoms with van der Waals surface area (Å²) in [5.74, 6) is 0.897. The van der Waals surface area contributed by atoms with Gasteiger partial charge >= 0.3 is 0 Å². The van der Waals surface area contributed by atoms with E-state index >= 15 is 0 Å². The molecule has 0 atom stereocenters. The summed E-state index contributed by atoms with van der Waals surface area (Å²) in [4.78, 5) is 24.9. The molecule has 2 heterocycles. The Balaban J connectivity index is 1.44. The van der Waals surface area contributed by atoms with Crippen molar-refractivity contribution in [3.63, 3.8) is 0 Å². The quantitative estimate of drug-likeness (QED) is 0.889. The number of benzene rings is 1. The van der Waals surface area contributed by atoms with Gasteiger partial charge in [-0.15, -0.1) is 0 Å². The lowest BCUT2D eigenvalue weighted by Crippen LogP contribution is -2.49. The number of rotatable bonds is 5. The van der Waals surface area contributed by atoms with Crippen LogP contribution >= 0.6 is 11.6 Å². The van der Waals surface area contributed by atoms with Gasteiger partial charge in [-0.25, -0.2) is 9.97 Å². The molecule has 0 aliphatic carbocycles. The Labute approximate surface area is 152 Å². The number of carbonyl (C=O) groups is 1. The van der Waals surface area contributed by atoms with Crippen molar-refractivity contribution in [2.75, 3.05) is 42.9 Å². The van der Waals surface area contributed by atoms with Gasteiger partial charge in [-0.3, -0.25) is 4.79 Å². The van der Waals surface area contributed by atoms with Crippen molar-refractivity contribution in [1.82, 2.24) is 14.9 Å². The van der Waals surface area contributed by atoms with Crippen LogP contribution in [0.15, 0.2) is 36.7 Å². The number of nitrogens with one attached hydrogen (secondary N) is 1. The highest BCUT2D eigenvalue weighted by Gasteiger charge is 2.22. The Morgan fingerprint density at radius 3 is 2.60 bits per heavy atom. The van der Waals surface area contributed by atoms with Crippen molar-refractivity contribution < 1.29 is 4.79 Å². The second-order valence-electron chi connectivity index (χ2n) is 6.01.